The zero-order valence-corrected chi connectivity index (χ0v) is 12.2. The maximum Gasteiger partial charge on any atom is 0.237 e. The molecule has 1 aliphatic rings. The van der Waals surface area contributed by atoms with Crippen molar-refractivity contribution in [3.63, 3.8) is 0 Å². The maximum absolute atomic E-state index is 5.38. The summed E-state index contributed by atoms with van der Waals surface area (Å²) in [6, 6.07) is 0.261. The average Bonchev–Trinajstić information content (AvgIpc) is 2.45. The Balaban J connectivity index is 2.23. The zero-order chi connectivity index (χ0) is 13.7. The lowest BCUT2D eigenvalue weighted by Crippen LogP contribution is -2.32. The van der Waals surface area contributed by atoms with Crippen molar-refractivity contribution >= 4 is 0 Å². The van der Waals surface area contributed by atoms with E-state index in [2.05, 4.69) is 29.1 Å². The molecule has 0 amide bonds. The molecule has 0 spiro atoms. The van der Waals surface area contributed by atoms with Crippen molar-refractivity contribution in [1.82, 2.24) is 15.3 Å². The summed E-state index contributed by atoms with van der Waals surface area (Å²) in [7, 11) is 1.67. The minimum absolute atomic E-state index is 0.261. The lowest BCUT2D eigenvalue weighted by Gasteiger charge is -2.33. The third-order valence-electron chi connectivity index (χ3n) is 4.05. The smallest absolute Gasteiger partial charge is 0.237 e. The minimum Gasteiger partial charge on any atom is -0.480 e. The van der Waals surface area contributed by atoms with Gasteiger partial charge in [0, 0.05) is 12.4 Å². The Bertz CT molecular complexity index is 397. The van der Waals surface area contributed by atoms with Crippen LogP contribution in [0.2, 0.25) is 0 Å². The van der Waals surface area contributed by atoms with Crippen molar-refractivity contribution in [2.24, 2.45) is 11.8 Å². The summed E-state index contributed by atoms with van der Waals surface area (Å²) in [5.74, 6) is 2.10. The lowest BCUT2D eigenvalue weighted by molar-refractivity contribution is 0.218. The quantitative estimate of drug-likeness (QED) is 0.887. The van der Waals surface area contributed by atoms with Crippen molar-refractivity contribution < 1.29 is 4.74 Å². The molecule has 0 aliphatic heterocycles. The summed E-state index contributed by atoms with van der Waals surface area (Å²) in [5.41, 5.74) is 0.964. The van der Waals surface area contributed by atoms with Gasteiger partial charge in [0.1, 0.15) is 5.69 Å². The van der Waals surface area contributed by atoms with E-state index in [1.807, 2.05) is 0 Å². The molecule has 19 heavy (non-hydrogen) atoms. The molecule has 3 unspecified atom stereocenters. The van der Waals surface area contributed by atoms with Crippen LogP contribution in [0.25, 0.3) is 0 Å². The Labute approximate surface area is 116 Å². The Morgan fingerprint density at radius 3 is 2.84 bits per heavy atom. The molecular weight excluding hydrogens is 238 g/mol. The average molecular weight is 263 g/mol. The first-order chi connectivity index (χ1) is 9.26. The molecule has 106 valence electrons. The summed E-state index contributed by atoms with van der Waals surface area (Å²) >= 11 is 0. The molecule has 0 radical (unpaired) electrons. The molecule has 1 aromatic heterocycles. The highest BCUT2D eigenvalue weighted by Crippen LogP contribution is 2.38. The second kappa shape index (κ2) is 6.85. The van der Waals surface area contributed by atoms with E-state index in [1.54, 1.807) is 19.5 Å². The van der Waals surface area contributed by atoms with Crippen molar-refractivity contribution in [2.45, 2.75) is 45.6 Å². The molecule has 1 N–H and O–H groups in total. The summed E-state index contributed by atoms with van der Waals surface area (Å²) < 4.78 is 5.38. The first kappa shape index (κ1) is 14.3. The van der Waals surface area contributed by atoms with E-state index in [9.17, 15) is 0 Å². The highest BCUT2D eigenvalue weighted by atomic mass is 16.5. The second-order valence-corrected chi connectivity index (χ2v) is 5.52. The van der Waals surface area contributed by atoms with E-state index in [1.165, 1.54) is 25.7 Å². The van der Waals surface area contributed by atoms with E-state index in [4.69, 9.17) is 4.74 Å². The molecule has 4 nitrogen and oxygen atoms in total. The van der Waals surface area contributed by atoms with Crippen molar-refractivity contribution in [2.75, 3.05) is 13.7 Å². The van der Waals surface area contributed by atoms with Gasteiger partial charge in [0.25, 0.3) is 0 Å². The number of rotatable bonds is 5. The fraction of sp³-hybridized carbons (Fsp3) is 0.733. The van der Waals surface area contributed by atoms with E-state index < -0.39 is 0 Å². The van der Waals surface area contributed by atoms with Crippen LogP contribution in [0.5, 0.6) is 5.88 Å². The summed E-state index contributed by atoms with van der Waals surface area (Å²) in [4.78, 5) is 8.81. The predicted molar refractivity (Wildman–Crippen MR) is 76.1 cm³/mol. The van der Waals surface area contributed by atoms with Gasteiger partial charge in [-0.3, -0.25) is 4.98 Å². The molecule has 1 fully saturated rings. The summed E-state index contributed by atoms with van der Waals surface area (Å²) in [6.45, 7) is 5.43. The Hall–Kier alpha value is -1.16. The molecule has 2 rings (SSSR count). The molecule has 3 atom stereocenters. The Morgan fingerprint density at radius 1 is 1.37 bits per heavy atom. The molecule has 1 heterocycles. The first-order valence-electron chi connectivity index (χ1n) is 7.34. The zero-order valence-electron chi connectivity index (χ0n) is 12.2. The van der Waals surface area contributed by atoms with Gasteiger partial charge in [-0.05, 0) is 31.2 Å². The van der Waals surface area contributed by atoms with Crippen LogP contribution in [0.4, 0.5) is 0 Å². The monoisotopic (exact) mass is 263 g/mol. The van der Waals surface area contributed by atoms with Crippen LogP contribution in [-0.4, -0.2) is 23.6 Å². The van der Waals surface area contributed by atoms with Crippen LogP contribution in [0.3, 0.4) is 0 Å². The molecule has 1 aromatic rings. The molecular formula is C15H25N3O. The molecule has 4 heteroatoms. The number of aromatic nitrogens is 2. The van der Waals surface area contributed by atoms with Gasteiger partial charge in [-0.1, -0.05) is 26.7 Å². The third kappa shape index (κ3) is 3.44. The Morgan fingerprint density at radius 2 is 2.16 bits per heavy atom. The maximum atomic E-state index is 5.38. The van der Waals surface area contributed by atoms with Crippen LogP contribution in [0, 0.1) is 11.8 Å². The Kier molecular flexibility index (Phi) is 5.14. The molecule has 1 saturated carbocycles. The van der Waals surface area contributed by atoms with Crippen LogP contribution in [0.1, 0.15) is 51.3 Å². The molecule has 1 aliphatic carbocycles. The van der Waals surface area contributed by atoms with E-state index in [0.717, 1.165) is 18.2 Å². The minimum atomic E-state index is 0.261. The van der Waals surface area contributed by atoms with Gasteiger partial charge in [-0.15, -0.1) is 0 Å². The van der Waals surface area contributed by atoms with Crippen molar-refractivity contribution in [3.05, 3.63) is 18.1 Å². The number of nitrogens with one attached hydrogen (secondary N) is 1. The normalized spacial score (nSPS) is 25.0. The highest BCUT2D eigenvalue weighted by Gasteiger charge is 2.30. The lowest BCUT2D eigenvalue weighted by atomic mass is 9.77. The SMILES string of the molecule is CCNC(c1nccnc1OC)C1CCCC(C)C1. The third-order valence-corrected chi connectivity index (χ3v) is 4.05. The highest BCUT2D eigenvalue weighted by molar-refractivity contribution is 5.22. The van der Waals surface area contributed by atoms with Crippen LogP contribution >= 0.6 is 0 Å². The van der Waals surface area contributed by atoms with Gasteiger partial charge < -0.3 is 10.1 Å². The number of nitrogens with zero attached hydrogens (tertiary/aromatic N) is 2. The van der Waals surface area contributed by atoms with Gasteiger partial charge >= 0.3 is 0 Å². The number of methoxy groups -OCH3 is 1. The van der Waals surface area contributed by atoms with Crippen molar-refractivity contribution in [1.29, 1.82) is 0 Å². The van der Waals surface area contributed by atoms with Gasteiger partial charge in [0.2, 0.25) is 5.88 Å². The standard InChI is InChI=1S/C15H25N3O/c1-4-16-13(12-7-5-6-11(2)10-12)14-15(19-3)18-9-8-17-14/h8-9,11-13,16H,4-7,10H2,1-3H3. The van der Waals surface area contributed by atoms with E-state index in [0.29, 0.717) is 11.8 Å². The second-order valence-electron chi connectivity index (χ2n) is 5.52. The topological polar surface area (TPSA) is 47.0 Å². The van der Waals surface area contributed by atoms with Crippen LogP contribution < -0.4 is 10.1 Å². The predicted octanol–water partition coefficient (Wildman–Crippen LogP) is 2.96. The number of hydrogen-bond acceptors (Lipinski definition) is 4. The largest absolute Gasteiger partial charge is 0.480 e. The summed E-state index contributed by atoms with van der Waals surface area (Å²) in [6.07, 6.45) is 8.64. The molecule has 0 aromatic carbocycles. The van der Waals surface area contributed by atoms with Crippen LogP contribution in [-0.2, 0) is 0 Å². The van der Waals surface area contributed by atoms with E-state index in [-0.39, 0.29) is 6.04 Å². The fourth-order valence-corrected chi connectivity index (χ4v) is 3.20. The first-order valence-corrected chi connectivity index (χ1v) is 7.34. The number of ether oxygens (including phenoxy) is 1. The summed E-state index contributed by atoms with van der Waals surface area (Å²) in [5, 5.41) is 3.58. The number of hydrogen-bond donors (Lipinski definition) is 1. The molecule has 0 bridgehead atoms. The van der Waals surface area contributed by atoms with Crippen LogP contribution in [0.15, 0.2) is 12.4 Å². The van der Waals surface area contributed by atoms with Gasteiger partial charge in [0.15, 0.2) is 0 Å². The van der Waals surface area contributed by atoms with Gasteiger partial charge in [-0.2, -0.15) is 0 Å². The van der Waals surface area contributed by atoms with Crippen molar-refractivity contribution in [3.8, 4) is 5.88 Å². The van der Waals surface area contributed by atoms with Gasteiger partial charge in [-0.25, -0.2) is 4.98 Å². The van der Waals surface area contributed by atoms with Gasteiger partial charge in [0.05, 0.1) is 13.2 Å². The fourth-order valence-electron chi connectivity index (χ4n) is 3.20. The van der Waals surface area contributed by atoms with E-state index >= 15 is 0 Å². The molecule has 0 saturated heterocycles.